The van der Waals surface area contributed by atoms with Crippen LogP contribution in [-0.2, 0) is 21.5 Å². The molecule has 2 aliphatic rings. The molecule has 0 aliphatic carbocycles. The molecule has 14 heteroatoms. The summed E-state index contributed by atoms with van der Waals surface area (Å²) in [6.07, 6.45) is 4.68. The van der Waals surface area contributed by atoms with Crippen LogP contribution in [-0.4, -0.2) is 105 Å². The molecule has 2 fully saturated rings. The summed E-state index contributed by atoms with van der Waals surface area (Å²) in [7, 11) is -1.91. The maximum absolute atomic E-state index is 13.2. The second kappa shape index (κ2) is 11.9. The Hall–Kier alpha value is -3.69. The number of rotatable bonds is 8. The number of fused-ring (bicyclic) bond motifs is 1. The van der Waals surface area contributed by atoms with Gasteiger partial charge >= 0.3 is 0 Å². The summed E-state index contributed by atoms with van der Waals surface area (Å²) in [6, 6.07) is 9.82. The third-order valence-corrected chi connectivity index (χ3v) is 9.47. The van der Waals surface area contributed by atoms with Gasteiger partial charge in [-0.05, 0) is 43.7 Å². The molecular formula is C28H35N9O4S. The lowest BCUT2D eigenvalue weighted by Gasteiger charge is -2.40. The molecule has 4 aromatic rings. The minimum Gasteiger partial charge on any atom is -0.493 e. The van der Waals surface area contributed by atoms with E-state index in [1.165, 1.54) is 6.33 Å². The number of methoxy groups -OCH3 is 1. The number of morpholine rings is 1. The molecule has 222 valence electrons. The number of pyridine rings is 1. The van der Waals surface area contributed by atoms with E-state index in [0.29, 0.717) is 69.0 Å². The molecule has 5 heterocycles. The van der Waals surface area contributed by atoms with E-state index in [2.05, 4.69) is 35.1 Å². The van der Waals surface area contributed by atoms with Gasteiger partial charge in [0.15, 0.2) is 5.75 Å². The Labute approximate surface area is 245 Å². The Morgan fingerprint density at radius 2 is 1.83 bits per heavy atom. The quantitative estimate of drug-likeness (QED) is 0.313. The van der Waals surface area contributed by atoms with Gasteiger partial charge in [-0.2, -0.15) is 17.0 Å². The summed E-state index contributed by atoms with van der Waals surface area (Å²) < 4.78 is 40.8. The Morgan fingerprint density at radius 1 is 1.05 bits per heavy atom. The van der Waals surface area contributed by atoms with Gasteiger partial charge in [0.05, 0.1) is 36.5 Å². The molecule has 1 aromatic carbocycles. The van der Waals surface area contributed by atoms with Gasteiger partial charge in [-0.1, -0.05) is 6.07 Å². The van der Waals surface area contributed by atoms with Gasteiger partial charge in [0, 0.05) is 57.6 Å². The molecule has 2 atom stereocenters. The number of H-pyrrole nitrogens is 1. The summed E-state index contributed by atoms with van der Waals surface area (Å²) in [4.78, 5) is 23.1. The highest BCUT2D eigenvalue weighted by atomic mass is 32.2. The van der Waals surface area contributed by atoms with Crippen LogP contribution in [0.2, 0.25) is 0 Å². The molecule has 2 N–H and O–H groups in total. The third-order valence-electron chi connectivity index (χ3n) is 7.50. The molecule has 0 bridgehead atoms. The predicted octanol–water partition coefficient (Wildman–Crippen LogP) is 2.64. The number of benzene rings is 1. The van der Waals surface area contributed by atoms with Crippen LogP contribution < -0.4 is 10.1 Å². The number of nitrogens with one attached hydrogen (secondary N) is 2. The van der Waals surface area contributed by atoms with Crippen molar-refractivity contribution in [2.24, 2.45) is 0 Å². The molecule has 42 heavy (non-hydrogen) atoms. The number of nitrogens with zero attached hydrogens (tertiary/aromatic N) is 7. The van der Waals surface area contributed by atoms with Gasteiger partial charge in [0.25, 0.3) is 10.2 Å². The number of anilines is 2. The van der Waals surface area contributed by atoms with Crippen molar-refractivity contribution in [1.29, 1.82) is 0 Å². The fourth-order valence-electron chi connectivity index (χ4n) is 5.52. The van der Waals surface area contributed by atoms with E-state index in [4.69, 9.17) is 9.47 Å². The predicted molar refractivity (Wildman–Crippen MR) is 159 cm³/mol. The van der Waals surface area contributed by atoms with Crippen molar-refractivity contribution in [2.45, 2.75) is 32.6 Å². The van der Waals surface area contributed by atoms with E-state index in [1.807, 2.05) is 44.2 Å². The Morgan fingerprint density at radius 3 is 2.60 bits per heavy atom. The van der Waals surface area contributed by atoms with Crippen LogP contribution in [0.3, 0.4) is 0 Å². The molecule has 0 amide bonds. The van der Waals surface area contributed by atoms with Crippen LogP contribution in [0.1, 0.15) is 19.4 Å². The van der Waals surface area contributed by atoms with Gasteiger partial charge in [0.2, 0.25) is 5.95 Å². The number of hydrogen-bond acceptors (Lipinski definition) is 10. The Balaban J connectivity index is 1.08. The average Bonchev–Trinajstić information content (AvgIpc) is 3.38. The highest BCUT2D eigenvalue weighted by Gasteiger charge is 2.36. The third kappa shape index (κ3) is 6.08. The Kier molecular flexibility index (Phi) is 8.05. The molecule has 6 rings (SSSR count). The molecule has 3 aromatic heterocycles. The van der Waals surface area contributed by atoms with Crippen molar-refractivity contribution in [3.8, 4) is 17.0 Å². The van der Waals surface area contributed by atoms with Crippen LogP contribution in [0.4, 0.5) is 11.8 Å². The molecule has 2 unspecified atom stereocenters. The first-order valence-corrected chi connectivity index (χ1v) is 15.4. The summed E-state index contributed by atoms with van der Waals surface area (Å²) in [5, 5.41) is 3.27. The molecule has 0 saturated carbocycles. The molecular weight excluding hydrogens is 558 g/mol. The first-order valence-electron chi connectivity index (χ1n) is 14.0. The second-order valence-electron chi connectivity index (χ2n) is 10.7. The lowest BCUT2D eigenvalue weighted by molar-refractivity contribution is -0.0457. The summed E-state index contributed by atoms with van der Waals surface area (Å²) in [5.41, 5.74) is 4.32. The molecule has 2 saturated heterocycles. The summed E-state index contributed by atoms with van der Waals surface area (Å²) >= 11 is 0. The second-order valence-corrected chi connectivity index (χ2v) is 12.6. The average molecular weight is 594 g/mol. The van der Waals surface area contributed by atoms with E-state index in [-0.39, 0.29) is 12.2 Å². The fourth-order valence-corrected chi connectivity index (χ4v) is 7.27. The normalized spacial score (nSPS) is 21.0. The molecule has 0 spiro atoms. The fraction of sp³-hybridized carbons (Fsp3) is 0.429. The van der Waals surface area contributed by atoms with Crippen molar-refractivity contribution in [3.05, 3.63) is 54.6 Å². The first-order chi connectivity index (χ1) is 20.3. The minimum atomic E-state index is -3.50. The van der Waals surface area contributed by atoms with Crippen LogP contribution in [0, 0.1) is 0 Å². The highest BCUT2D eigenvalue weighted by molar-refractivity contribution is 7.86. The van der Waals surface area contributed by atoms with Crippen LogP contribution >= 0.6 is 0 Å². The molecule has 0 radical (unpaired) electrons. The van der Waals surface area contributed by atoms with E-state index in [1.54, 1.807) is 28.1 Å². The lowest BCUT2D eigenvalue weighted by Crippen LogP contribution is -2.57. The number of hydrogen-bond donors (Lipinski definition) is 2. The topological polar surface area (TPSA) is 142 Å². The van der Waals surface area contributed by atoms with E-state index in [0.717, 1.165) is 22.2 Å². The standard InChI is InChI=1S/C28H35N9O4S/c1-19-15-37(16-20(2)41-19)42(38,39)36-10-8-35(9-11-36)17-21-6-7-30-26(12-21)34-28-32-23-5-4-22(13-24(23)33-28)27-25(40-3)14-29-18-31-27/h4-7,12-14,18-20H,8-11,15-17H2,1-3H3,(H2,30,32,33,34). The smallest absolute Gasteiger partial charge is 0.282 e. The van der Waals surface area contributed by atoms with E-state index >= 15 is 0 Å². The highest BCUT2D eigenvalue weighted by Crippen LogP contribution is 2.29. The number of imidazole rings is 1. The van der Waals surface area contributed by atoms with Gasteiger partial charge in [-0.25, -0.2) is 19.9 Å². The number of piperazine rings is 1. The van der Waals surface area contributed by atoms with Gasteiger partial charge in [0.1, 0.15) is 17.8 Å². The van der Waals surface area contributed by atoms with E-state index in [9.17, 15) is 8.42 Å². The summed E-state index contributed by atoms with van der Waals surface area (Å²) in [5.74, 6) is 1.84. The zero-order valence-corrected chi connectivity index (χ0v) is 24.7. The van der Waals surface area contributed by atoms with Gasteiger partial charge in [-0.3, -0.25) is 4.90 Å². The first kappa shape index (κ1) is 28.4. The SMILES string of the molecule is COc1cncnc1-c1ccc2nc(Nc3cc(CN4CCN(S(=O)(=O)N5CC(C)OC(C)C5)CC4)ccn3)[nH]c2c1. The number of ether oxygens (including phenoxy) is 2. The number of aromatic amines is 1. The number of aromatic nitrogens is 5. The van der Waals surface area contributed by atoms with Crippen molar-refractivity contribution in [3.63, 3.8) is 0 Å². The minimum absolute atomic E-state index is 0.107. The van der Waals surface area contributed by atoms with Gasteiger partial charge in [-0.15, -0.1) is 0 Å². The van der Waals surface area contributed by atoms with Crippen LogP contribution in [0.25, 0.3) is 22.3 Å². The van der Waals surface area contributed by atoms with Crippen LogP contribution in [0.15, 0.2) is 49.1 Å². The van der Waals surface area contributed by atoms with Crippen molar-refractivity contribution >= 4 is 33.0 Å². The zero-order chi connectivity index (χ0) is 29.3. The monoisotopic (exact) mass is 593 g/mol. The maximum atomic E-state index is 13.2. The van der Waals surface area contributed by atoms with Crippen molar-refractivity contribution in [1.82, 2.24) is 38.4 Å². The summed E-state index contributed by atoms with van der Waals surface area (Å²) in [6.45, 7) is 7.54. The van der Waals surface area contributed by atoms with E-state index < -0.39 is 10.2 Å². The Bertz CT molecular complexity index is 1650. The molecule has 2 aliphatic heterocycles. The lowest BCUT2D eigenvalue weighted by atomic mass is 10.1. The largest absolute Gasteiger partial charge is 0.493 e. The van der Waals surface area contributed by atoms with Crippen LogP contribution in [0.5, 0.6) is 5.75 Å². The van der Waals surface area contributed by atoms with Crippen molar-refractivity contribution < 1.29 is 17.9 Å². The molecule has 13 nitrogen and oxygen atoms in total. The van der Waals surface area contributed by atoms with Crippen molar-refractivity contribution in [2.75, 3.05) is 51.7 Å². The zero-order valence-electron chi connectivity index (χ0n) is 23.9. The maximum Gasteiger partial charge on any atom is 0.282 e. The van der Waals surface area contributed by atoms with Gasteiger partial charge < -0.3 is 19.8 Å².